The number of hydrogen-bond donors (Lipinski definition) is 1. The maximum absolute atomic E-state index is 13.7. The Balaban J connectivity index is 2.54. The van der Waals surface area contributed by atoms with Gasteiger partial charge in [0.15, 0.2) is 0 Å². The first-order valence-corrected chi connectivity index (χ1v) is 13.7. The molecule has 37 heavy (non-hydrogen) atoms. The Morgan fingerprint density at radius 1 is 1.14 bits per heavy atom. The van der Waals surface area contributed by atoms with Gasteiger partial charge in [-0.05, 0) is 31.4 Å². The molecule has 0 fully saturated rings. The van der Waals surface area contributed by atoms with E-state index in [1.807, 2.05) is 38.1 Å². The van der Waals surface area contributed by atoms with Gasteiger partial charge in [-0.3, -0.25) is 24.0 Å². The van der Waals surface area contributed by atoms with E-state index >= 15 is 0 Å². The van der Waals surface area contributed by atoms with E-state index in [9.17, 15) is 28.1 Å². The average molecular weight is 535 g/mol. The number of rotatable bonds is 13. The van der Waals surface area contributed by atoms with Crippen molar-refractivity contribution in [3.8, 4) is 5.75 Å². The molecule has 0 spiro atoms. The highest BCUT2D eigenvalue weighted by atomic mass is 32.2. The molecule has 0 bridgehead atoms. The van der Waals surface area contributed by atoms with Crippen molar-refractivity contribution in [2.45, 2.75) is 46.2 Å². The fourth-order valence-electron chi connectivity index (χ4n) is 3.76. The summed E-state index contributed by atoms with van der Waals surface area (Å²) in [6.45, 7) is 5.43. The van der Waals surface area contributed by atoms with Crippen LogP contribution in [0.15, 0.2) is 42.5 Å². The number of benzene rings is 2. The fourth-order valence-corrected chi connectivity index (χ4v) is 4.60. The first-order valence-electron chi connectivity index (χ1n) is 11.9. The Hall–Kier alpha value is -3.67. The third-order valence-corrected chi connectivity index (χ3v) is 6.86. The molecule has 2 aromatic rings. The van der Waals surface area contributed by atoms with Crippen LogP contribution >= 0.6 is 0 Å². The Morgan fingerprint density at radius 2 is 1.78 bits per heavy atom. The molecule has 0 aromatic heterocycles. The molecule has 1 N–H and O–H groups in total. The van der Waals surface area contributed by atoms with E-state index in [-0.39, 0.29) is 29.6 Å². The van der Waals surface area contributed by atoms with Crippen molar-refractivity contribution in [3.63, 3.8) is 0 Å². The highest BCUT2D eigenvalue weighted by Gasteiger charge is 2.33. The minimum Gasteiger partial charge on any atom is -0.495 e. The van der Waals surface area contributed by atoms with Crippen LogP contribution in [-0.4, -0.2) is 62.6 Å². The zero-order valence-corrected chi connectivity index (χ0v) is 22.6. The molecule has 0 heterocycles. The topological polar surface area (TPSA) is 139 Å². The molecule has 2 aromatic carbocycles. The van der Waals surface area contributed by atoms with Crippen molar-refractivity contribution >= 4 is 33.2 Å². The van der Waals surface area contributed by atoms with Crippen LogP contribution in [0.1, 0.15) is 37.8 Å². The number of aryl methyl sites for hydroxylation is 1. The van der Waals surface area contributed by atoms with Crippen molar-refractivity contribution in [3.05, 3.63) is 63.7 Å². The molecule has 0 unspecified atom stereocenters. The van der Waals surface area contributed by atoms with Crippen LogP contribution in [0.3, 0.4) is 0 Å². The van der Waals surface area contributed by atoms with Crippen LogP contribution in [-0.2, 0) is 26.2 Å². The Kier molecular flexibility index (Phi) is 10.4. The number of sulfonamides is 1. The minimum atomic E-state index is -4.08. The summed E-state index contributed by atoms with van der Waals surface area (Å²) in [4.78, 5) is 38.7. The summed E-state index contributed by atoms with van der Waals surface area (Å²) in [6, 6.07) is 10.1. The Labute approximate surface area is 217 Å². The summed E-state index contributed by atoms with van der Waals surface area (Å²) in [7, 11) is -2.79. The molecule has 2 rings (SSSR count). The third-order valence-electron chi connectivity index (χ3n) is 5.73. The van der Waals surface area contributed by atoms with Crippen LogP contribution in [0.2, 0.25) is 0 Å². The molecule has 0 aliphatic heterocycles. The molecule has 2 amide bonds. The molecule has 11 nitrogen and oxygen atoms in total. The maximum Gasteiger partial charge on any atom is 0.271 e. The lowest BCUT2D eigenvalue weighted by Gasteiger charge is -2.33. The molecule has 0 saturated heterocycles. The SMILES string of the molecule is CCCNC(=O)[C@@H](CC)N(Cc1ccc(C)cc1)C(=O)CN(c1cc([N+](=O)[O-])ccc1OC)S(C)(=O)=O. The van der Waals surface area contributed by atoms with E-state index in [1.54, 1.807) is 6.92 Å². The smallest absolute Gasteiger partial charge is 0.271 e. The number of methoxy groups -OCH3 is 1. The lowest BCUT2D eigenvalue weighted by atomic mass is 10.1. The van der Waals surface area contributed by atoms with Gasteiger partial charge in [0.05, 0.1) is 18.3 Å². The normalized spacial score (nSPS) is 11.9. The number of carbonyl (C=O) groups is 2. The number of hydrogen-bond acceptors (Lipinski definition) is 7. The van der Waals surface area contributed by atoms with Gasteiger partial charge in [-0.25, -0.2) is 8.42 Å². The zero-order valence-electron chi connectivity index (χ0n) is 21.8. The molecule has 12 heteroatoms. The van der Waals surface area contributed by atoms with Gasteiger partial charge in [-0.15, -0.1) is 0 Å². The Bertz CT molecular complexity index is 1220. The second-order valence-electron chi connectivity index (χ2n) is 8.61. The molecular weight excluding hydrogens is 500 g/mol. The first-order chi connectivity index (χ1) is 17.4. The quantitative estimate of drug-likeness (QED) is 0.308. The standard InChI is InChI=1S/C25H34N4O7S/c1-6-14-26-25(31)21(7-2)27(16-19-10-8-18(3)9-11-19)24(30)17-28(37(5,34)35)22-15-20(29(32)33)12-13-23(22)36-4/h8-13,15,21H,6-7,14,16-17H2,1-5H3,(H,26,31)/t21-/m1/s1. The number of nitrogens with one attached hydrogen (secondary N) is 1. The highest BCUT2D eigenvalue weighted by molar-refractivity contribution is 7.92. The van der Waals surface area contributed by atoms with Crippen LogP contribution in [0.5, 0.6) is 5.75 Å². The summed E-state index contributed by atoms with van der Waals surface area (Å²) in [5.41, 5.74) is 1.28. The summed E-state index contributed by atoms with van der Waals surface area (Å²) in [5.74, 6) is -0.941. The van der Waals surface area contributed by atoms with E-state index in [0.29, 0.717) is 19.4 Å². The highest BCUT2D eigenvalue weighted by Crippen LogP contribution is 2.34. The molecule has 0 radical (unpaired) electrons. The molecule has 0 saturated carbocycles. The number of carbonyl (C=O) groups excluding carboxylic acids is 2. The summed E-state index contributed by atoms with van der Waals surface area (Å²) >= 11 is 0. The predicted molar refractivity (Wildman–Crippen MR) is 141 cm³/mol. The predicted octanol–water partition coefficient (Wildman–Crippen LogP) is 3.01. The van der Waals surface area contributed by atoms with Gasteiger partial charge in [0.25, 0.3) is 5.69 Å². The van der Waals surface area contributed by atoms with Gasteiger partial charge in [0.2, 0.25) is 21.8 Å². The van der Waals surface area contributed by atoms with Gasteiger partial charge in [0, 0.05) is 25.2 Å². The number of nitro benzene ring substituents is 1. The van der Waals surface area contributed by atoms with E-state index in [4.69, 9.17) is 4.74 Å². The second-order valence-corrected chi connectivity index (χ2v) is 10.5. The number of amides is 2. The average Bonchev–Trinajstić information content (AvgIpc) is 2.85. The second kappa shape index (κ2) is 13.0. The number of anilines is 1. The van der Waals surface area contributed by atoms with Gasteiger partial charge in [-0.2, -0.15) is 0 Å². The lowest BCUT2D eigenvalue weighted by molar-refractivity contribution is -0.384. The third kappa shape index (κ3) is 7.91. The van der Waals surface area contributed by atoms with Gasteiger partial charge < -0.3 is 15.0 Å². The van der Waals surface area contributed by atoms with Gasteiger partial charge in [-0.1, -0.05) is 43.7 Å². The van der Waals surface area contributed by atoms with E-state index in [1.165, 1.54) is 24.1 Å². The zero-order chi connectivity index (χ0) is 27.8. The van der Waals surface area contributed by atoms with Crippen LogP contribution in [0.4, 0.5) is 11.4 Å². The Morgan fingerprint density at radius 3 is 2.30 bits per heavy atom. The molecule has 0 aliphatic rings. The number of nitro groups is 1. The van der Waals surface area contributed by atoms with E-state index < -0.39 is 33.4 Å². The summed E-state index contributed by atoms with van der Waals surface area (Å²) < 4.78 is 31.6. The molecule has 202 valence electrons. The van der Waals surface area contributed by atoms with Crippen molar-refractivity contribution in [1.29, 1.82) is 0 Å². The van der Waals surface area contributed by atoms with Crippen molar-refractivity contribution in [2.75, 3.05) is 30.8 Å². The molecular formula is C25H34N4O7S. The van der Waals surface area contributed by atoms with Crippen molar-refractivity contribution in [1.82, 2.24) is 10.2 Å². The number of non-ortho nitro benzene ring substituents is 1. The van der Waals surface area contributed by atoms with E-state index in [0.717, 1.165) is 27.8 Å². The van der Waals surface area contributed by atoms with Gasteiger partial charge >= 0.3 is 0 Å². The monoisotopic (exact) mass is 534 g/mol. The maximum atomic E-state index is 13.7. The largest absolute Gasteiger partial charge is 0.495 e. The van der Waals surface area contributed by atoms with Crippen molar-refractivity contribution in [2.24, 2.45) is 0 Å². The van der Waals surface area contributed by atoms with E-state index in [2.05, 4.69) is 5.32 Å². The van der Waals surface area contributed by atoms with Gasteiger partial charge in [0.1, 0.15) is 24.0 Å². The van der Waals surface area contributed by atoms with Crippen LogP contribution in [0.25, 0.3) is 0 Å². The van der Waals surface area contributed by atoms with Crippen LogP contribution < -0.4 is 14.4 Å². The fraction of sp³-hybridized carbons (Fsp3) is 0.440. The van der Waals surface area contributed by atoms with Crippen molar-refractivity contribution < 1.29 is 27.7 Å². The molecule has 0 aliphatic carbocycles. The number of nitrogens with zero attached hydrogens (tertiary/aromatic N) is 3. The van der Waals surface area contributed by atoms with Crippen LogP contribution in [0, 0.1) is 17.0 Å². The first kappa shape index (κ1) is 29.6. The number of ether oxygens (including phenoxy) is 1. The molecule has 1 atom stereocenters. The minimum absolute atomic E-state index is 0.0432. The summed E-state index contributed by atoms with van der Waals surface area (Å²) in [6.07, 6.45) is 1.91. The summed E-state index contributed by atoms with van der Waals surface area (Å²) in [5, 5.41) is 14.2. The lowest BCUT2D eigenvalue weighted by Crippen LogP contribution is -2.52.